The quantitative estimate of drug-likeness (QED) is 0.701. The number of pyridine rings is 1. The van der Waals surface area contributed by atoms with Crippen LogP contribution in [0.2, 0.25) is 0 Å². The number of carbonyl (C=O) groups excluding carboxylic acids is 1. The molecule has 25 heavy (non-hydrogen) atoms. The average Bonchev–Trinajstić information content (AvgIpc) is 2.57. The van der Waals surface area contributed by atoms with Crippen molar-refractivity contribution in [3.63, 3.8) is 0 Å². The molecule has 5 nitrogen and oxygen atoms in total. The van der Waals surface area contributed by atoms with Crippen LogP contribution in [0.4, 0.5) is 0 Å². The molecule has 2 aromatic carbocycles. The minimum atomic E-state index is -0.0270. The highest BCUT2D eigenvalue weighted by atomic mass is 35.5. The maximum Gasteiger partial charge on any atom is 0.239 e. The van der Waals surface area contributed by atoms with Crippen LogP contribution >= 0.6 is 12.4 Å². The molecule has 1 aliphatic rings. The van der Waals surface area contributed by atoms with Gasteiger partial charge in [0.25, 0.3) is 0 Å². The normalized spacial score (nSPS) is 14.1. The number of benzene rings is 2. The summed E-state index contributed by atoms with van der Waals surface area (Å²) in [5, 5.41) is 7.49. The van der Waals surface area contributed by atoms with E-state index >= 15 is 0 Å². The number of nitrogens with zero attached hydrogens (tertiary/aromatic N) is 1. The van der Waals surface area contributed by atoms with Crippen molar-refractivity contribution in [2.45, 2.75) is 6.54 Å². The SMILES string of the molecule is Cl.O=C(Cn1c2ccccc2c(=O)c2ccccc21)NCC1CNC1. The third-order valence-electron chi connectivity index (χ3n) is 4.63. The van der Waals surface area contributed by atoms with Crippen molar-refractivity contribution in [1.82, 2.24) is 15.2 Å². The first-order chi connectivity index (χ1) is 11.7. The number of fused-ring (bicyclic) bond motifs is 2. The van der Waals surface area contributed by atoms with E-state index in [-0.39, 0.29) is 30.3 Å². The third kappa shape index (κ3) is 3.25. The van der Waals surface area contributed by atoms with Crippen LogP contribution in [0.25, 0.3) is 21.8 Å². The van der Waals surface area contributed by atoms with Gasteiger partial charge in [-0.1, -0.05) is 24.3 Å². The van der Waals surface area contributed by atoms with Gasteiger partial charge in [-0.3, -0.25) is 9.59 Å². The van der Waals surface area contributed by atoms with Gasteiger partial charge in [0.2, 0.25) is 5.91 Å². The second kappa shape index (κ2) is 7.25. The third-order valence-corrected chi connectivity index (χ3v) is 4.63. The van der Waals surface area contributed by atoms with Gasteiger partial charge in [0, 0.05) is 36.3 Å². The van der Waals surface area contributed by atoms with Crippen molar-refractivity contribution < 1.29 is 4.79 Å². The van der Waals surface area contributed by atoms with Crippen molar-refractivity contribution in [1.29, 1.82) is 0 Å². The van der Waals surface area contributed by atoms with Crippen LogP contribution in [0.3, 0.4) is 0 Å². The lowest BCUT2D eigenvalue weighted by molar-refractivity contribution is -0.121. The van der Waals surface area contributed by atoms with Crippen molar-refractivity contribution in [2.75, 3.05) is 19.6 Å². The summed E-state index contributed by atoms with van der Waals surface area (Å²) in [7, 11) is 0. The Kier molecular flexibility index (Phi) is 5.06. The Balaban J connectivity index is 0.00000182. The molecule has 0 unspecified atom stereocenters. The summed E-state index contributed by atoms with van der Waals surface area (Å²) in [6.45, 7) is 2.83. The molecule has 0 bridgehead atoms. The molecule has 1 saturated heterocycles. The van der Waals surface area contributed by atoms with Crippen molar-refractivity contribution in [2.24, 2.45) is 5.92 Å². The van der Waals surface area contributed by atoms with E-state index in [1.165, 1.54) is 0 Å². The van der Waals surface area contributed by atoms with E-state index in [2.05, 4.69) is 10.6 Å². The average molecular weight is 358 g/mol. The molecule has 2 heterocycles. The van der Waals surface area contributed by atoms with Crippen LogP contribution in [0, 0.1) is 5.92 Å². The molecule has 1 aliphatic heterocycles. The Hall–Kier alpha value is -2.37. The number of hydrogen-bond donors (Lipinski definition) is 2. The van der Waals surface area contributed by atoms with E-state index in [0.717, 1.165) is 24.1 Å². The topological polar surface area (TPSA) is 63.1 Å². The van der Waals surface area contributed by atoms with E-state index in [0.29, 0.717) is 23.2 Å². The van der Waals surface area contributed by atoms with Crippen molar-refractivity contribution >= 4 is 40.1 Å². The number of hydrogen-bond acceptors (Lipinski definition) is 3. The molecule has 1 aromatic heterocycles. The zero-order valence-corrected chi connectivity index (χ0v) is 14.5. The fourth-order valence-electron chi connectivity index (χ4n) is 3.20. The van der Waals surface area contributed by atoms with Crippen molar-refractivity contribution in [3.05, 3.63) is 58.8 Å². The van der Waals surface area contributed by atoms with Crippen LogP contribution in [-0.2, 0) is 11.3 Å². The molecule has 1 fully saturated rings. The van der Waals surface area contributed by atoms with E-state index in [1.807, 2.05) is 53.1 Å². The van der Waals surface area contributed by atoms with Gasteiger partial charge in [-0.05, 0) is 24.3 Å². The first kappa shape index (κ1) is 17.5. The molecular weight excluding hydrogens is 338 g/mol. The number of nitrogens with one attached hydrogen (secondary N) is 2. The first-order valence-electron chi connectivity index (χ1n) is 8.22. The lowest BCUT2D eigenvalue weighted by Crippen LogP contribution is -2.48. The lowest BCUT2D eigenvalue weighted by Gasteiger charge is -2.27. The van der Waals surface area contributed by atoms with E-state index in [4.69, 9.17) is 0 Å². The predicted octanol–water partition coefficient (Wildman–Crippen LogP) is 1.91. The summed E-state index contributed by atoms with van der Waals surface area (Å²) in [5.74, 6) is 0.498. The number of halogens is 1. The van der Waals surface area contributed by atoms with E-state index < -0.39 is 0 Å². The number of carbonyl (C=O) groups is 1. The summed E-state index contributed by atoms with van der Waals surface area (Å²) in [5.41, 5.74) is 1.60. The Morgan fingerprint density at radius 1 is 1.04 bits per heavy atom. The van der Waals surface area contributed by atoms with E-state index in [9.17, 15) is 9.59 Å². The molecule has 3 aromatic rings. The number of amides is 1. The van der Waals surface area contributed by atoms with Crippen LogP contribution in [0.1, 0.15) is 0 Å². The first-order valence-corrected chi connectivity index (χ1v) is 8.22. The second-order valence-corrected chi connectivity index (χ2v) is 6.28. The fraction of sp³-hybridized carbons (Fsp3) is 0.263. The number of aromatic nitrogens is 1. The molecule has 0 radical (unpaired) electrons. The zero-order chi connectivity index (χ0) is 16.5. The summed E-state index contributed by atoms with van der Waals surface area (Å²) in [6, 6.07) is 14.9. The van der Waals surface area contributed by atoms with Crippen molar-refractivity contribution in [3.8, 4) is 0 Å². The van der Waals surface area contributed by atoms with Gasteiger partial charge < -0.3 is 15.2 Å². The largest absolute Gasteiger partial charge is 0.354 e. The van der Waals surface area contributed by atoms with Gasteiger partial charge in [0.1, 0.15) is 6.54 Å². The molecule has 1 amide bonds. The van der Waals surface area contributed by atoms with Gasteiger partial charge in [-0.15, -0.1) is 12.4 Å². The monoisotopic (exact) mass is 357 g/mol. The van der Waals surface area contributed by atoms with Gasteiger partial charge in [-0.25, -0.2) is 0 Å². The molecule has 2 N–H and O–H groups in total. The maximum atomic E-state index is 12.7. The van der Waals surface area contributed by atoms with Gasteiger partial charge >= 0.3 is 0 Å². The summed E-state index contributed by atoms with van der Waals surface area (Å²) < 4.78 is 1.93. The minimum Gasteiger partial charge on any atom is -0.354 e. The smallest absolute Gasteiger partial charge is 0.239 e. The fourth-order valence-corrected chi connectivity index (χ4v) is 3.20. The lowest BCUT2D eigenvalue weighted by atomic mass is 10.0. The zero-order valence-electron chi connectivity index (χ0n) is 13.7. The van der Waals surface area contributed by atoms with E-state index in [1.54, 1.807) is 0 Å². The van der Waals surface area contributed by atoms with Gasteiger partial charge in [0.05, 0.1) is 11.0 Å². The molecule has 0 saturated carbocycles. The molecular formula is C19H20ClN3O2. The minimum absolute atomic E-state index is 0. The van der Waals surface area contributed by atoms with Crippen LogP contribution in [-0.4, -0.2) is 30.1 Å². The molecule has 130 valence electrons. The second-order valence-electron chi connectivity index (χ2n) is 6.28. The predicted molar refractivity (Wildman–Crippen MR) is 102 cm³/mol. The summed E-state index contributed by atoms with van der Waals surface area (Å²) >= 11 is 0. The number of para-hydroxylation sites is 2. The highest BCUT2D eigenvalue weighted by Gasteiger charge is 2.18. The van der Waals surface area contributed by atoms with Crippen LogP contribution in [0.15, 0.2) is 53.3 Å². The molecule has 6 heteroatoms. The Morgan fingerprint density at radius 2 is 1.60 bits per heavy atom. The van der Waals surface area contributed by atoms with Crippen LogP contribution in [0.5, 0.6) is 0 Å². The highest BCUT2D eigenvalue weighted by Crippen LogP contribution is 2.18. The number of rotatable bonds is 4. The Bertz CT molecular complexity index is 919. The van der Waals surface area contributed by atoms with Gasteiger partial charge in [-0.2, -0.15) is 0 Å². The molecule has 0 aliphatic carbocycles. The molecule has 4 rings (SSSR count). The molecule has 0 spiro atoms. The Morgan fingerprint density at radius 3 is 2.12 bits per heavy atom. The maximum absolute atomic E-state index is 12.7. The van der Waals surface area contributed by atoms with Crippen LogP contribution < -0.4 is 16.1 Å². The highest BCUT2D eigenvalue weighted by molar-refractivity contribution is 5.94. The molecule has 0 atom stereocenters. The summed E-state index contributed by atoms with van der Waals surface area (Å²) in [4.78, 5) is 25.1. The Labute approximate surface area is 151 Å². The van der Waals surface area contributed by atoms with Gasteiger partial charge in [0.15, 0.2) is 5.43 Å². The summed E-state index contributed by atoms with van der Waals surface area (Å²) in [6.07, 6.45) is 0. The standard InChI is InChI=1S/C19H19N3O2.ClH/c23-18(21-11-13-9-20-10-13)12-22-16-7-3-1-5-14(16)19(24)15-6-2-4-8-17(15)22;/h1-8,13,20H,9-12H2,(H,21,23);1H.